The largest absolute Gasteiger partial charge is 0.477 e. The highest BCUT2D eigenvalue weighted by atomic mass is 19.1. The molecule has 2 heterocycles. The Kier molecular flexibility index (Phi) is 4.59. The number of amides is 1. The third-order valence-electron chi connectivity index (χ3n) is 4.65. The van der Waals surface area contributed by atoms with Crippen LogP contribution in [0.25, 0.3) is 0 Å². The SMILES string of the molecule is Cc1ccc(C2C=C(C(=O)O)Nc3c(C(=O)Nc4ccccc4F)cnn32)cc1. The van der Waals surface area contributed by atoms with Gasteiger partial charge < -0.3 is 15.7 Å². The Morgan fingerprint density at radius 1 is 1.17 bits per heavy atom. The van der Waals surface area contributed by atoms with E-state index in [1.165, 1.54) is 35.2 Å². The van der Waals surface area contributed by atoms with Crippen LogP contribution in [0.4, 0.5) is 15.9 Å². The van der Waals surface area contributed by atoms with Crippen molar-refractivity contribution in [1.29, 1.82) is 0 Å². The molecule has 29 heavy (non-hydrogen) atoms. The summed E-state index contributed by atoms with van der Waals surface area (Å²) in [6.07, 6.45) is 2.86. The van der Waals surface area contributed by atoms with Crippen LogP contribution in [0.15, 0.2) is 66.5 Å². The number of fused-ring (bicyclic) bond motifs is 1. The summed E-state index contributed by atoms with van der Waals surface area (Å²) in [5.41, 5.74) is 1.95. The Labute approximate surface area is 165 Å². The van der Waals surface area contributed by atoms with Crippen molar-refractivity contribution in [3.8, 4) is 0 Å². The molecule has 1 amide bonds. The van der Waals surface area contributed by atoms with Gasteiger partial charge in [0.25, 0.3) is 5.91 Å². The number of rotatable bonds is 4. The van der Waals surface area contributed by atoms with Gasteiger partial charge in [-0.2, -0.15) is 5.10 Å². The van der Waals surface area contributed by atoms with Crippen molar-refractivity contribution in [2.45, 2.75) is 13.0 Å². The summed E-state index contributed by atoms with van der Waals surface area (Å²) in [5, 5.41) is 19.0. The lowest BCUT2D eigenvalue weighted by Crippen LogP contribution is -2.25. The number of nitrogens with zero attached hydrogens (tertiary/aromatic N) is 2. The molecular formula is C21H17FN4O3. The summed E-state index contributed by atoms with van der Waals surface area (Å²) >= 11 is 0. The van der Waals surface area contributed by atoms with Gasteiger partial charge in [-0.1, -0.05) is 42.0 Å². The Balaban J connectivity index is 1.73. The lowest BCUT2D eigenvalue weighted by Gasteiger charge is -2.24. The third-order valence-corrected chi connectivity index (χ3v) is 4.65. The average molecular weight is 392 g/mol. The quantitative estimate of drug-likeness (QED) is 0.631. The van der Waals surface area contributed by atoms with Crippen LogP contribution in [0.3, 0.4) is 0 Å². The normalized spacial score (nSPS) is 15.1. The van der Waals surface area contributed by atoms with Gasteiger partial charge in [-0.05, 0) is 30.7 Å². The maximum absolute atomic E-state index is 13.9. The van der Waals surface area contributed by atoms with Crippen LogP contribution in [-0.4, -0.2) is 26.8 Å². The van der Waals surface area contributed by atoms with Crippen molar-refractivity contribution >= 4 is 23.4 Å². The number of carboxylic acids is 1. The lowest BCUT2D eigenvalue weighted by atomic mass is 10.0. The molecule has 7 nitrogen and oxygen atoms in total. The molecule has 0 bridgehead atoms. The summed E-state index contributed by atoms with van der Waals surface area (Å²) < 4.78 is 15.4. The summed E-state index contributed by atoms with van der Waals surface area (Å²) in [7, 11) is 0. The van der Waals surface area contributed by atoms with Gasteiger partial charge in [0.15, 0.2) is 0 Å². The highest BCUT2D eigenvalue weighted by Gasteiger charge is 2.29. The Morgan fingerprint density at radius 3 is 2.59 bits per heavy atom. The van der Waals surface area contributed by atoms with Gasteiger partial charge in [0.2, 0.25) is 0 Å². The number of carbonyl (C=O) groups is 2. The maximum Gasteiger partial charge on any atom is 0.352 e. The smallest absolute Gasteiger partial charge is 0.352 e. The van der Waals surface area contributed by atoms with Gasteiger partial charge in [0, 0.05) is 0 Å². The highest BCUT2D eigenvalue weighted by Crippen LogP contribution is 2.32. The monoisotopic (exact) mass is 392 g/mol. The number of aryl methyl sites for hydroxylation is 1. The number of para-hydroxylation sites is 1. The minimum atomic E-state index is -1.16. The summed E-state index contributed by atoms with van der Waals surface area (Å²) in [4.78, 5) is 24.3. The number of anilines is 2. The Bertz CT molecular complexity index is 1140. The number of hydrogen-bond acceptors (Lipinski definition) is 4. The maximum atomic E-state index is 13.9. The predicted octanol–water partition coefficient (Wildman–Crippen LogP) is 3.57. The van der Waals surface area contributed by atoms with Crippen molar-refractivity contribution in [3.63, 3.8) is 0 Å². The number of nitrogens with one attached hydrogen (secondary N) is 2. The number of aliphatic carboxylic acids is 1. The van der Waals surface area contributed by atoms with Crippen LogP contribution < -0.4 is 10.6 Å². The average Bonchev–Trinajstić information content (AvgIpc) is 3.14. The minimum absolute atomic E-state index is 0.0253. The topological polar surface area (TPSA) is 96.2 Å². The van der Waals surface area contributed by atoms with Gasteiger partial charge in [-0.25, -0.2) is 13.9 Å². The molecule has 1 aliphatic rings. The molecule has 0 radical (unpaired) electrons. The fourth-order valence-corrected chi connectivity index (χ4v) is 3.14. The molecule has 1 unspecified atom stereocenters. The van der Waals surface area contributed by atoms with E-state index < -0.39 is 23.7 Å². The number of halogens is 1. The van der Waals surface area contributed by atoms with E-state index in [9.17, 15) is 19.1 Å². The molecule has 2 aromatic carbocycles. The van der Waals surface area contributed by atoms with E-state index in [4.69, 9.17) is 0 Å². The first-order valence-electron chi connectivity index (χ1n) is 8.86. The van der Waals surface area contributed by atoms with Crippen LogP contribution in [0.5, 0.6) is 0 Å². The van der Waals surface area contributed by atoms with E-state index in [-0.39, 0.29) is 22.8 Å². The van der Waals surface area contributed by atoms with Gasteiger partial charge in [-0.15, -0.1) is 0 Å². The number of allylic oxidation sites excluding steroid dienone is 1. The Hall–Kier alpha value is -3.94. The minimum Gasteiger partial charge on any atom is -0.477 e. The molecule has 3 aromatic rings. The second-order valence-corrected chi connectivity index (χ2v) is 6.65. The first-order chi connectivity index (χ1) is 13.9. The molecule has 4 rings (SSSR count). The summed E-state index contributed by atoms with van der Waals surface area (Å²) in [6, 6.07) is 12.9. The van der Waals surface area contributed by atoms with Crippen molar-refractivity contribution in [2.24, 2.45) is 0 Å². The van der Waals surface area contributed by atoms with Crippen molar-refractivity contribution in [3.05, 3.63) is 89.0 Å². The molecule has 0 saturated heterocycles. The zero-order valence-electron chi connectivity index (χ0n) is 15.4. The second kappa shape index (κ2) is 7.23. The van der Waals surface area contributed by atoms with Crippen molar-refractivity contribution in [1.82, 2.24) is 9.78 Å². The molecule has 0 spiro atoms. The standard InChI is InChI=1S/C21H17FN4O3/c1-12-6-8-13(9-7-12)18-10-17(21(28)29)24-19-14(11-23-26(18)19)20(27)25-16-5-3-2-4-15(16)22/h2-11,18,24H,1H3,(H,25,27)(H,28,29). The molecule has 8 heteroatoms. The van der Waals surface area contributed by atoms with E-state index in [0.29, 0.717) is 0 Å². The van der Waals surface area contributed by atoms with E-state index in [1.54, 1.807) is 6.07 Å². The number of carbonyl (C=O) groups excluding carboxylic acids is 1. The van der Waals surface area contributed by atoms with Crippen LogP contribution in [-0.2, 0) is 4.79 Å². The van der Waals surface area contributed by atoms with E-state index in [2.05, 4.69) is 15.7 Å². The molecule has 0 aliphatic carbocycles. The number of aromatic nitrogens is 2. The first kappa shape index (κ1) is 18.4. The molecule has 146 valence electrons. The summed E-state index contributed by atoms with van der Waals surface area (Å²) in [5.74, 6) is -2.10. The second-order valence-electron chi connectivity index (χ2n) is 6.65. The van der Waals surface area contributed by atoms with Gasteiger partial charge in [0.1, 0.15) is 22.9 Å². The van der Waals surface area contributed by atoms with E-state index in [1.807, 2.05) is 31.2 Å². The van der Waals surface area contributed by atoms with Gasteiger partial charge in [0.05, 0.1) is 17.9 Å². The fraction of sp³-hybridized carbons (Fsp3) is 0.0952. The summed E-state index contributed by atoms with van der Waals surface area (Å²) in [6.45, 7) is 1.95. The van der Waals surface area contributed by atoms with Crippen molar-refractivity contribution in [2.75, 3.05) is 10.6 Å². The predicted molar refractivity (Wildman–Crippen MR) is 105 cm³/mol. The fourth-order valence-electron chi connectivity index (χ4n) is 3.14. The first-order valence-corrected chi connectivity index (χ1v) is 8.86. The van der Waals surface area contributed by atoms with Crippen LogP contribution in [0.1, 0.15) is 27.5 Å². The van der Waals surface area contributed by atoms with E-state index in [0.717, 1.165) is 11.1 Å². The number of hydrogen-bond donors (Lipinski definition) is 3. The van der Waals surface area contributed by atoms with E-state index >= 15 is 0 Å². The zero-order chi connectivity index (χ0) is 20.5. The lowest BCUT2D eigenvalue weighted by molar-refractivity contribution is -0.132. The molecule has 3 N–H and O–H groups in total. The zero-order valence-corrected chi connectivity index (χ0v) is 15.4. The molecule has 1 aromatic heterocycles. The number of benzene rings is 2. The molecule has 0 saturated carbocycles. The van der Waals surface area contributed by atoms with Crippen LogP contribution in [0.2, 0.25) is 0 Å². The van der Waals surface area contributed by atoms with Crippen LogP contribution in [0, 0.1) is 12.7 Å². The van der Waals surface area contributed by atoms with Crippen LogP contribution >= 0.6 is 0 Å². The molecular weight excluding hydrogens is 375 g/mol. The molecule has 1 atom stereocenters. The van der Waals surface area contributed by atoms with Gasteiger partial charge in [-0.3, -0.25) is 4.79 Å². The Morgan fingerprint density at radius 2 is 1.90 bits per heavy atom. The van der Waals surface area contributed by atoms with Crippen molar-refractivity contribution < 1.29 is 19.1 Å². The van der Waals surface area contributed by atoms with Gasteiger partial charge >= 0.3 is 5.97 Å². The highest BCUT2D eigenvalue weighted by molar-refractivity contribution is 6.08. The molecule has 1 aliphatic heterocycles. The third kappa shape index (κ3) is 3.47. The number of carboxylic acid groups (broad SMARTS) is 1. The molecule has 0 fully saturated rings.